The standard InChI is InChI=1S/C15H29N3O/c1-3-8-17-14(19)13(2)18-10-5-7-15(12-18)6-4-9-16-11-15/h13,16H,3-12H2,1-2H3,(H,17,19). The summed E-state index contributed by atoms with van der Waals surface area (Å²) in [6.45, 7) is 9.39. The molecule has 110 valence electrons. The summed E-state index contributed by atoms with van der Waals surface area (Å²) in [5.41, 5.74) is 0.426. The van der Waals surface area contributed by atoms with Crippen LogP contribution >= 0.6 is 0 Å². The first-order valence-electron chi connectivity index (χ1n) is 7.89. The highest BCUT2D eigenvalue weighted by molar-refractivity contribution is 5.81. The van der Waals surface area contributed by atoms with Crippen LogP contribution in [0.1, 0.15) is 46.0 Å². The van der Waals surface area contributed by atoms with Gasteiger partial charge in [0.05, 0.1) is 6.04 Å². The van der Waals surface area contributed by atoms with Crippen molar-refractivity contribution in [2.24, 2.45) is 5.41 Å². The normalized spacial score (nSPS) is 30.2. The zero-order valence-corrected chi connectivity index (χ0v) is 12.5. The minimum Gasteiger partial charge on any atom is -0.355 e. The van der Waals surface area contributed by atoms with Crippen LogP contribution in [-0.4, -0.2) is 49.6 Å². The van der Waals surface area contributed by atoms with Crippen molar-refractivity contribution < 1.29 is 4.79 Å². The van der Waals surface area contributed by atoms with Crippen LogP contribution in [0.4, 0.5) is 0 Å². The highest BCUT2D eigenvalue weighted by atomic mass is 16.2. The van der Waals surface area contributed by atoms with E-state index in [1.165, 1.54) is 25.7 Å². The second-order valence-corrected chi connectivity index (χ2v) is 6.32. The van der Waals surface area contributed by atoms with Gasteiger partial charge in [0, 0.05) is 19.6 Å². The van der Waals surface area contributed by atoms with E-state index in [0.717, 1.165) is 39.1 Å². The third-order valence-corrected chi connectivity index (χ3v) is 4.73. The third-order valence-electron chi connectivity index (χ3n) is 4.73. The molecule has 2 rings (SSSR count). The summed E-state index contributed by atoms with van der Waals surface area (Å²) in [4.78, 5) is 14.5. The molecule has 1 amide bonds. The molecule has 2 aliphatic heterocycles. The summed E-state index contributed by atoms with van der Waals surface area (Å²) in [5, 5.41) is 6.57. The van der Waals surface area contributed by atoms with Crippen LogP contribution in [0.2, 0.25) is 0 Å². The number of piperidine rings is 2. The van der Waals surface area contributed by atoms with Crippen LogP contribution in [0, 0.1) is 5.41 Å². The Hall–Kier alpha value is -0.610. The Balaban J connectivity index is 1.90. The molecule has 2 N–H and O–H groups in total. The number of rotatable bonds is 4. The summed E-state index contributed by atoms with van der Waals surface area (Å²) in [6.07, 6.45) is 6.16. The van der Waals surface area contributed by atoms with Crippen molar-refractivity contribution in [3.05, 3.63) is 0 Å². The van der Waals surface area contributed by atoms with Gasteiger partial charge in [-0.3, -0.25) is 9.69 Å². The highest BCUT2D eigenvalue weighted by Crippen LogP contribution is 2.36. The van der Waals surface area contributed by atoms with Crippen molar-refractivity contribution in [1.82, 2.24) is 15.5 Å². The summed E-state index contributed by atoms with van der Waals surface area (Å²) in [5.74, 6) is 0.197. The largest absolute Gasteiger partial charge is 0.355 e. The fourth-order valence-corrected chi connectivity index (χ4v) is 3.52. The average Bonchev–Trinajstić information content (AvgIpc) is 2.45. The number of nitrogens with zero attached hydrogens (tertiary/aromatic N) is 1. The maximum atomic E-state index is 12.1. The predicted octanol–water partition coefficient (Wildman–Crippen LogP) is 1.37. The van der Waals surface area contributed by atoms with Crippen LogP contribution in [-0.2, 0) is 4.79 Å². The minimum atomic E-state index is 0.0191. The monoisotopic (exact) mass is 267 g/mol. The highest BCUT2D eigenvalue weighted by Gasteiger charge is 2.38. The molecule has 0 aromatic carbocycles. The van der Waals surface area contributed by atoms with Gasteiger partial charge in [0.2, 0.25) is 5.91 Å². The topological polar surface area (TPSA) is 44.4 Å². The van der Waals surface area contributed by atoms with E-state index in [-0.39, 0.29) is 11.9 Å². The van der Waals surface area contributed by atoms with Gasteiger partial charge in [0.25, 0.3) is 0 Å². The van der Waals surface area contributed by atoms with Gasteiger partial charge in [-0.25, -0.2) is 0 Å². The molecular formula is C15H29N3O. The summed E-state index contributed by atoms with van der Waals surface area (Å²) in [6, 6.07) is 0.0191. The number of carbonyl (C=O) groups is 1. The second kappa shape index (κ2) is 6.71. The van der Waals surface area contributed by atoms with Gasteiger partial charge in [0.15, 0.2) is 0 Å². The lowest BCUT2D eigenvalue weighted by Crippen LogP contribution is -2.56. The van der Waals surface area contributed by atoms with Gasteiger partial charge in [-0.05, 0) is 57.5 Å². The molecule has 0 aromatic heterocycles. The van der Waals surface area contributed by atoms with Gasteiger partial charge in [-0.1, -0.05) is 6.92 Å². The van der Waals surface area contributed by atoms with Crippen molar-refractivity contribution in [3.63, 3.8) is 0 Å². The molecule has 4 nitrogen and oxygen atoms in total. The van der Waals surface area contributed by atoms with Gasteiger partial charge in [-0.15, -0.1) is 0 Å². The first kappa shape index (κ1) is 14.8. The quantitative estimate of drug-likeness (QED) is 0.808. The smallest absolute Gasteiger partial charge is 0.237 e. The van der Waals surface area contributed by atoms with E-state index in [2.05, 4.69) is 29.4 Å². The SMILES string of the molecule is CCCNC(=O)C(C)N1CCCC2(CCCNC2)C1. The lowest BCUT2D eigenvalue weighted by atomic mass is 9.74. The van der Waals surface area contributed by atoms with E-state index in [1.807, 2.05) is 0 Å². The molecule has 1 spiro atoms. The van der Waals surface area contributed by atoms with Crippen molar-refractivity contribution in [1.29, 1.82) is 0 Å². The number of amides is 1. The van der Waals surface area contributed by atoms with E-state index in [9.17, 15) is 4.79 Å². The Labute approximate surface area is 117 Å². The van der Waals surface area contributed by atoms with E-state index in [0.29, 0.717) is 5.41 Å². The number of carbonyl (C=O) groups excluding carboxylic acids is 1. The molecule has 19 heavy (non-hydrogen) atoms. The Bertz CT molecular complexity index is 294. The van der Waals surface area contributed by atoms with E-state index < -0.39 is 0 Å². The second-order valence-electron chi connectivity index (χ2n) is 6.32. The fraction of sp³-hybridized carbons (Fsp3) is 0.933. The molecule has 0 saturated carbocycles. The molecule has 0 aromatic rings. The molecule has 4 heteroatoms. The first-order chi connectivity index (χ1) is 9.17. The molecule has 0 bridgehead atoms. The predicted molar refractivity (Wildman–Crippen MR) is 78.1 cm³/mol. The Kier molecular flexibility index (Phi) is 5.22. The Morgan fingerprint density at radius 3 is 2.89 bits per heavy atom. The van der Waals surface area contributed by atoms with Crippen molar-refractivity contribution in [2.75, 3.05) is 32.7 Å². The maximum absolute atomic E-state index is 12.1. The van der Waals surface area contributed by atoms with Crippen LogP contribution in [0.5, 0.6) is 0 Å². The molecule has 2 saturated heterocycles. The Morgan fingerprint density at radius 2 is 2.21 bits per heavy atom. The maximum Gasteiger partial charge on any atom is 0.237 e. The third kappa shape index (κ3) is 3.69. The zero-order chi connectivity index (χ0) is 13.7. The minimum absolute atomic E-state index is 0.0191. The Morgan fingerprint density at radius 1 is 1.42 bits per heavy atom. The lowest BCUT2D eigenvalue weighted by Gasteiger charge is -2.47. The van der Waals surface area contributed by atoms with E-state index in [4.69, 9.17) is 0 Å². The van der Waals surface area contributed by atoms with Crippen LogP contribution in [0.25, 0.3) is 0 Å². The molecule has 2 heterocycles. The fourth-order valence-electron chi connectivity index (χ4n) is 3.52. The molecule has 2 aliphatic rings. The average molecular weight is 267 g/mol. The number of hydrogen-bond donors (Lipinski definition) is 2. The molecule has 0 aliphatic carbocycles. The summed E-state index contributed by atoms with van der Waals surface area (Å²) < 4.78 is 0. The van der Waals surface area contributed by atoms with Crippen molar-refractivity contribution in [2.45, 2.75) is 52.0 Å². The van der Waals surface area contributed by atoms with Crippen LogP contribution < -0.4 is 10.6 Å². The number of hydrogen-bond acceptors (Lipinski definition) is 3. The van der Waals surface area contributed by atoms with Gasteiger partial charge >= 0.3 is 0 Å². The van der Waals surface area contributed by atoms with Gasteiger partial charge in [0.1, 0.15) is 0 Å². The van der Waals surface area contributed by atoms with Crippen molar-refractivity contribution >= 4 is 5.91 Å². The first-order valence-corrected chi connectivity index (χ1v) is 7.89. The van der Waals surface area contributed by atoms with Gasteiger partial charge in [-0.2, -0.15) is 0 Å². The number of likely N-dealkylation sites (tertiary alicyclic amines) is 1. The summed E-state index contributed by atoms with van der Waals surface area (Å²) in [7, 11) is 0. The number of nitrogens with one attached hydrogen (secondary N) is 2. The van der Waals surface area contributed by atoms with Crippen LogP contribution in [0.3, 0.4) is 0 Å². The van der Waals surface area contributed by atoms with Gasteiger partial charge < -0.3 is 10.6 Å². The molecular weight excluding hydrogens is 238 g/mol. The molecule has 2 fully saturated rings. The van der Waals surface area contributed by atoms with E-state index >= 15 is 0 Å². The van der Waals surface area contributed by atoms with E-state index in [1.54, 1.807) is 0 Å². The summed E-state index contributed by atoms with van der Waals surface area (Å²) >= 11 is 0. The van der Waals surface area contributed by atoms with Crippen molar-refractivity contribution in [3.8, 4) is 0 Å². The van der Waals surface area contributed by atoms with Crippen LogP contribution in [0.15, 0.2) is 0 Å². The zero-order valence-electron chi connectivity index (χ0n) is 12.5. The molecule has 2 atom stereocenters. The lowest BCUT2D eigenvalue weighted by molar-refractivity contribution is -0.127. The molecule has 2 unspecified atom stereocenters. The molecule has 0 radical (unpaired) electrons.